The van der Waals surface area contributed by atoms with Crippen molar-refractivity contribution in [2.45, 2.75) is 0 Å². The maximum absolute atomic E-state index is 12.2. The minimum absolute atomic E-state index is 0.234. The highest BCUT2D eigenvalue weighted by Gasteiger charge is 2.10. The van der Waals surface area contributed by atoms with Crippen LogP contribution in [0.2, 0.25) is 0 Å². The summed E-state index contributed by atoms with van der Waals surface area (Å²) >= 11 is 3.37. The summed E-state index contributed by atoms with van der Waals surface area (Å²) in [5.74, 6) is 0.657. The molecule has 0 unspecified atom stereocenters. The van der Waals surface area contributed by atoms with Crippen molar-refractivity contribution in [2.75, 3.05) is 19.5 Å². The third-order valence-electron chi connectivity index (χ3n) is 2.96. The van der Waals surface area contributed by atoms with Crippen molar-refractivity contribution in [1.29, 1.82) is 0 Å². The third kappa shape index (κ3) is 4.36. The molecule has 0 bridgehead atoms. The first-order valence-electron chi connectivity index (χ1n) is 6.59. The number of hydrogen-bond acceptors (Lipinski definition) is 3. The van der Waals surface area contributed by atoms with Crippen molar-refractivity contribution in [3.63, 3.8) is 0 Å². The SMILES string of the molecule is CO/C(=C\c1ccc(Br)cc1)C(=O)Nc1ccc(OC)cc1. The number of benzene rings is 2. The van der Waals surface area contributed by atoms with Gasteiger partial charge >= 0.3 is 0 Å². The lowest BCUT2D eigenvalue weighted by molar-refractivity contribution is -0.115. The summed E-state index contributed by atoms with van der Waals surface area (Å²) < 4.78 is 11.2. The Bertz CT molecular complexity index is 663. The zero-order valence-corrected chi connectivity index (χ0v) is 13.9. The molecule has 22 heavy (non-hydrogen) atoms. The number of ether oxygens (including phenoxy) is 2. The van der Waals surface area contributed by atoms with Crippen LogP contribution in [0.15, 0.2) is 58.8 Å². The Labute approximate surface area is 137 Å². The van der Waals surface area contributed by atoms with Gasteiger partial charge in [0, 0.05) is 10.2 Å². The molecule has 0 radical (unpaired) electrons. The van der Waals surface area contributed by atoms with E-state index in [9.17, 15) is 4.79 Å². The Balaban J connectivity index is 2.12. The molecule has 0 aliphatic carbocycles. The van der Waals surface area contributed by atoms with Crippen LogP contribution >= 0.6 is 15.9 Å². The lowest BCUT2D eigenvalue weighted by Gasteiger charge is -2.09. The fourth-order valence-corrected chi connectivity index (χ4v) is 2.06. The Morgan fingerprint density at radius 2 is 1.68 bits per heavy atom. The Morgan fingerprint density at radius 3 is 2.23 bits per heavy atom. The molecule has 1 amide bonds. The summed E-state index contributed by atoms with van der Waals surface area (Å²) in [7, 11) is 3.07. The van der Waals surface area contributed by atoms with E-state index >= 15 is 0 Å². The number of rotatable bonds is 5. The number of anilines is 1. The maximum atomic E-state index is 12.2. The normalized spacial score (nSPS) is 11.0. The van der Waals surface area contributed by atoms with Gasteiger partial charge in [0.15, 0.2) is 5.76 Å². The molecule has 0 aliphatic rings. The van der Waals surface area contributed by atoms with E-state index < -0.39 is 0 Å². The second kappa shape index (κ2) is 7.66. The quantitative estimate of drug-likeness (QED) is 0.644. The number of carbonyl (C=O) groups is 1. The second-order valence-corrected chi connectivity index (χ2v) is 5.36. The minimum Gasteiger partial charge on any atom is -0.497 e. The van der Waals surface area contributed by atoms with Crippen molar-refractivity contribution in [3.8, 4) is 5.75 Å². The van der Waals surface area contributed by atoms with Gasteiger partial charge in [0.1, 0.15) is 5.75 Å². The molecule has 5 heteroatoms. The van der Waals surface area contributed by atoms with E-state index in [0.29, 0.717) is 5.69 Å². The molecular weight excluding hydrogens is 346 g/mol. The van der Waals surface area contributed by atoms with Gasteiger partial charge < -0.3 is 14.8 Å². The summed E-state index contributed by atoms with van der Waals surface area (Å²) in [6.07, 6.45) is 1.69. The molecule has 2 aromatic carbocycles. The van der Waals surface area contributed by atoms with Crippen LogP contribution in [0.5, 0.6) is 5.75 Å². The second-order valence-electron chi connectivity index (χ2n) is 4.45. The van der Waals surface area contributed by atoms with Crippen LogP contribution in [0, 0.1) is 0 Å². The topological polar surface area (TPSA) is 47.6 Å². The molecular formula is C17H16BrNO3. The van der Waals surface area contributed by atoms with Crippen LogP contribution in [-0.4, -0.2) is 20.1 Å². The van der Waals surface area contributed by atoms with E-state index in [1.165, 1.54) is 7.11 Å². The Morgan fingerprint density at radius 1 is 1.05 bits per heavy atom. The molecule has 0 saturated carbocycles. The van der Waals surface area contributed by atoms with Crippen LogP contribution in [-0.2, 0) is 9.53 Å². The molecule has 1 N–H and O–H groups in total. The molecule has 0 saturated heterocycles. The highest BCUT2D eigenvalue weighted by molar-refractivity contribution is 9.10. The predicted octanol–water partition coefficient (Wildman–Crippen LogP) is 4.08. The van der Waals surface area contributed by atoms with Gasteiger partial charge in [-0.25, -0.2) is 0 Å². The minimum atomic E-state index is -0.310. The number of halogens is 1. The molecule has 0 spiro atoms. The zero-order valence-electron chi connectivity index (χ0n) is 12.3. The number of carbonyl (C=O) groups excluding carboxylic acids is 1. The summed E-state index contributed by atoms with van der Waals surface area (Å²) in [6.45, 7) is 0. The van der Waals surface area contributed by atoms with Gasteiger partial charge in [0.05, 0.1) is 14.2 Å². The van der Waals surface area contributed by atoms with E-state index in [4.69, 9.17) is 9.47 Å². The van der Waals surface area contributed by atoms with Gasteiger partial charge in [0.25, 0.3) is 5.91 Å². The van der Waals surface area contributed by atoms with Gasteiger partial charge in [-0.05, 0) is 48.0 Å². The molecule has 0 atom stereocenters. The fourth-order valence-electron chi connectivity index (χ4n) is 1.79. The first-order chi connectivity index (χ1) is 10.6. The van der Waals surface area contributed by atoms with E-state index in [-0.39, 0.29) is 11.7 Å². The van der Waals surface area contributed by atoms with Crippen LogP contribution in [0.3, 0.4) is 0 Å². The molecule has 2 aromatic rings. The molecule has 0 aliphatic heterocycles. The molecule has 0 heterocycles. The smallest absolute Gasteiger partial charge is 0.290 e. The highest BCUT2D eigenvalue weighted by Crippen LogP contribution is 2.17. The van der Waals surface area contributed by atoms with Gasteiger partial charge in [-0.15, -0.1) is 0 Å². The van der Waals surface area contributed by atoms with Crippen molar-refractivity contribution in [2.24, 2.45) is 0 Å². The number of methoxy groups -OCH3 is 2. The average Bonchev–Trinajstić information content (AvgIpc) is 2.55. The summed E-state index contributed by atoms with van der Waals surface area (Å²) in [4.78, 5) is 12.2. The van der Waals surface area contributed by atoms with Gasteiger partial charge in [-0.1, -0.05) is 28.1 Å². The van der Waals surface area contributed by atoms with Crippen LogP contribution in [0.1, 0.15) is 5.56 Å². The summed E-state index contributed by atoms with van der Waals surface area (Å²) in [6, 6.07) is 14.7. The largest absolute Gasteiger partial charge is 0.497 e. The standard InChI is InChI=1S/C17H16BrNO3/c1-21-15-9-7-14(8-10-15)19-17(20)16(22-2)11-12-3-5-13(18)6-4-12/h3-11H,1-2H3,(H,19,20)/b16-11-. The van der Waals surface area contributed by atoms with Crippen molar-refractivity contribution >= 4 is 33.6 Å². The van der Waals surface area contributed by atoms with Crippen LogP contribution in [0.25, 0.3) is 6.08 Å². The van der Waals surface area contributed by atoms with Gasteiger partial charge in [-0.2, -0.15) is 0 Å². The fraction of sp³-hybridized carbons (Fsp3) is 0.118. The lowest BCUT2D eigenvalue weighted by atomic mass is 10.2. The average molecular weight is 362 g/mol. The molecule has 0 aromatic heterocycles. The number of nitrogens with one attached hydrogen (secondary N) is 1. The number of amides is 1. The third-order valence-corrected chi connectivity index (χ3v) is 3.49. The molecule has 2 rings (SSSR count). The summed E-state index contributed by atoms with van der Waals surface area (Å²) in [5, 5.41) is 2.78. The number of hydrogen-bond donors (Lipinski definition) is 1. The van der Waals surface area contributed by atoms with Crippen LogP contribution in [0.4, 0.5) is 5.69 Å². The Kier molecular flexibility index (Phi) is 5.61. The first-order valence-corrected chi connectivity index (χ1v) is 7.38. The molecule has 0 fully saturated rings. The van der Waals surface area contributed by atoms with Gasteiger partial charge in [-0.3, -0.25) is 4.79 Å². The maximum Gasteiger partial charge on any atom is 0.290 e. The first kappa shape index (κ1) is 16.1. The Hall–Kier alpha value is -2.27. The highest BCUT2D eigenvalue weighted by atomic mass is 79.9. The van der Waals surface area contributed by atoms with E-state index in [0.717, 1.165) is 15.8 Å². The monoisotopic (exact) mass is 361 g/mol. The van der Waals surface area contributed by atoms with E-state index in [1.807, 2.05) is 24.3 Å². The van der Waals surface area contributed by atoms with Crippen molar-refractivity contribution in [1.82, 2.24) is 0 Å². The molecule has 4 nitrogen and oxygen atoms in total. The zero-order chi connectivity index (χ0) is 15.9. The van der Waals surface area contributed by atoms with Crippen molar-refractivity contribution in [3.05, 3.63) is 64.3 Å². The van der Waals surface area contributed by atoms with Crippen molar-refractivity contribution < 1.29 is 14.3 Å². The van der Waals surface area contributed by atoms with Crippen LogP contribution < -0.4 is 10.1 Å². The summed E-state index contributed by atoms with van der Waals surface area (Å²) in [5.41, 5.74) is 1.55. The predicted molar refractivity (Wildman–Crippen MR) is 90.8 cm³/mol. The van der Waals surface area contributed by atoms with E-state index in [2.05, 4.69) is 21.2 Å². The van der Waals surface area contributed by atoms with Gasteiger partial charge in [0.2, 0.25) is 0 Å². The molecule has 114 valence electrons. The van der Waals surface area contributed by atoms with E-state index in [1.54, 1.807) is 37.5 Å². The lowest BCUT2D eigenvalue weighted by Crippen LogP contribution is -2.15.